The van der Waals surface area contributed by atoms with Gasteiger partial charge in [0.25, 0.3) is 0 Å². The van der Waals surface area contributed by atoms with Crippen LogP contribution in [0.25, 0.3) is 33.4 Å². The second-order valence-corrected chi connectivity index (χ2v) is 16.4. The number of carboxylic acid groups (broad SMARTS) is 1. The molecular weight excluding hydrogens is 832 g/mol. The monoisotopic (exact) mass is 882 g/mol. The third-order valence-corrected chi connectivity index (χ3v) is 11.5. The first kappa shape index (κ1) is 46.7. The molecule has 0 bridgehead atoms. The molecule has 5 rings (SSSR count). The van der Waals surface area contributed by atoms with Gasteiger partial charge in [-0.3, -0.25) is 14.2 Å². The molecule has 2 aromatic carbocycles. The van der Waals surface area contributed by atoms with Crippen molar-refractivity contribution < 1.29 is 52.4 Å². The zero-order chi connectivity index (χ0) is 44.3. The Hall–Kier alpha value is -5.40. The van der Waals surface area contributed by atoms with Crippen LogP contribution < -0.4 is 32.8 Å². The van der Waals surface area contributed by atoms with E-state index in [0.29, 0.717) is 47.2 Å². The van der Waals surface area contributed by atoms with Gasteiger partial charge < -0.3 is 65.7 Å². The minimum absolute atomic E-state index is 0.000794. The number of carboxylic acids is 1. The number of rotatable bonds is 20. The Bertz CT molecular complexity index is 2350. The summed E-state index contributed by atoms with van der Waals surface area (Å²) in [6.45, 7) is 6.01. The number of nitrogens with zero attached hydrogens (tertiary/aromatic N) is 1. The van der Waals surface area contributed by atoms with Crippen molar-refractivity contribution in [2.45, 2.75) is 64.3 Å². The Balaban J connectivity index is 1.08. The molecule has 20 heteroatoms. The lowest BCUT2D eigenvalue weighted by molar-refractivity contribution is -0.121. The van der Waals surface area contributed by atoms with E-state index in [1.165, 1.54) is 43.3 Å². The Morgan fingerprint density at radius 2 is 1.70 bits per heavy atom. The van der Waals surface area contributed by atoms with E-state index in [9.17, 15) is 34.1 Å². The van der Waals surface area contributed by atoms with Crippen LogP contribution in [0, 0.1) is 0 Å². The van der Waals surface area contributed by atoms with E-state index in [-0.39, 0.29) is 95.9 Å². The summed E-state index contributed by atoms with van der Waals surface area (Å²) in [6, 6.07) is 12.1. The topological polar surface area (TPSA) is 280 Å². The molecule has 1 amide bonds. The van der Waals surface area contributed by atoms with Gasteiger partial charge in [0.15, 0.2) is 16.5 Å². The van der Waals surface area contributed by atoms with Gasteiger partial charge >= 0.3 is 13.6 Å². The Kier molecular flexibility index (Phi) is 16.4. The molecule has 0 aromatic heterocycles. The number of nitrogens with one attached hydrogen (secondary N) is 3. The minimum atomic E-state index is -4.33. The molecule has 4 atom stereocenters. The number of aromatic carboxylic acids is 1. The SMILES string of the molecule is CCC(CC)O[C@@H]1C=C(P(=O)(O)OCCOCCOCCNC(=S)Nc2ccc(-c3c4ccc(=O)cc-4oc4cc(O)ccc34)c(C(=O)O)c2)C[C@H](N=C(N)N)[C@H]1NC(C)=O. The van der Waals surface area contributed by atoms with Gasteiger partial charge in [-0.15, -0.1) is 0 Å². The predicted molar refractivity (Wildman–Crippen MR) is 234 cm³/mol. The molecule has 328 valence electrons. The first-order valence-corrected chi connectivity index (χ1v) is 21.6. The lowest BCUT2D eigenvalue weighted by Gasteiger charge is -2.37. The van der Waals surface area contributed by atoms with Gasteiger partial charge in [-0.25, -0.2) is 9.79 Å². The maximum atomic E-state index is 13.4. The number of phenols is 1. The molecular formula is C41H51N6O12PS. The van der Waals surface area contributed by atoms with Gasteiger partial charge in [0, 0.05) is 59.5 Å². The summed E-state index contributed by atoms with van der Waals surface area (Å²) >= 11 is 5.41. The van der Waals surface area contributed by atoms with Gasteiger partial charge in [0.05, 0.1) is 62.9 Å². The molecule has 1 aliphatic heterocycles. The number of aliphatic imine (C=N–C) groups is 1. The van der Waals surface area contributed by atoms with Crippen LogP contribution in [0.15, 0.2) is 80.2 Å². The molecule has 10 N–H and O–H groups in total. The van der Waals surface area contributed by atoms with Gasteiger partial charge in [-0.05, 0) is 73.1 Å². The number of carbonyl (C=O) groups excluding carboxylic acids is 1. The van der Waals surface area contributed by atoms with Gasteiger partial charge in [-0.2, -0.15) is 0 Å². The third-order valence-electron chi connectivity index (χ3n) is 9.70. The van der Waals surface area contributed by atoms with Crippen LogP contribution >= 0.6 is 19.8 Å². The second kappa shape index (κ2) is 21.4. The van der Waals surface area contributed by atoms with E-state index in [1.807, 2.05) is 13.8 Å². The van der Waals surface area contributed by atoms with Crippen LogP contribution in [0.4, 0.5) is 5.69 Å². The number of hydrogen-bond donors (Lipinski definition) is 8. The van der Waals surface area contributed by atoms with Crippen LogP contribution in [-0.2, 0) is 28.1 Å². The minimum Gasteiger partial charge on any atom is -0.508 e. The standard InChI is InChI=1S/C41H51N6O12PS/c1-4-27(5-2)58-36-22-28(21-33(47-40(42)43)38(36)45-23(3)48)60(53,54)57-17-16-56-15-14-55-13-12-44-41(61)46-24-6-9-29(32(18-24)39(51)52)37-30-10-7-25(49)19-34(30)59-35-20-26(50)8-11-31(35)37/h6-11,18-20,22,27,33,36,38,49H,4-5,12-17,21H2,1-3H3,(H,45,48)(H,51,52)(H,53,54)(H4,42,43,47)(H2,44,46,61)/t33-,36+,38+/m0/s1. The van der Waals surface area contributed by atoms with Crippen molar-refractivity contribution in [1.82, 2.24) is 10.6 Å². The Morgan fingerprint density at radius 1 is 1.00 bits per heavy atom. The number of amides is 1. The average Bonchev–Trinajstić information content (AvgIpc) is 3.20. The van der Waals surface area contributed by atoms with E-state index in [4.69, 9.17) is 46.8 Å². The van der Waals surface area contributed by atoms with Crippen molar-refractivity contribution in [2.24, 2.45) is 16.5 Å². The fourth-order valence-electron chi connectivity index (χ4n) is 6.89. The van der Waals surface area contributed by atoms with Gasteiger partial charge in [-0.1, -0.05) is 19.9 Å². The van der Waals surface area contributed by atoms with Crippen LogP contribution in [-0.4, -0.2) is 102 Å². The Labute approximate surface area is 357 Å². The number of guanidine groups is 1. The highest BCUT2D eigenvalue weighted by Gasteiger charge is 2.41. The fraction of sp³-hybridized carbons (Fsp3) is 0.390. The first-order chi connectivity index (χ1) is 29.1. The number of anilines is 1. The smallest absolute Gasteiger partial charge is 0.354 e. The number of hydrogen-bond acceptors (Lipinski definition) is 12. The lowest BCUT2D eigenvalue weighted by Crippen LogP contribution is -2.53. The molecule has 3 aliphatic rings. The zero-order valence-electron chi connectivity index (χ0n) is 33.9. The molecule has 2 aromatic rings. The second-order valence-electron chi connectivity index (χ2n) is 14.1. The summed E-state index contributed by atoms with van der Waals surface area (Å²) in [4.78, 5) is 51.8. The fourth-order valence-corrected chi connectivity index (χ4v) is 8.35. The highest BCUT2D eigenvalue weighted by molar-refractivity contribution is 7.80. The van der Waals surface area contributed by atoms with Crippen molar-refractivity contribution in [1.29, 1.82) is 0 Å². The van der Waals surface area contributed by atoms with Crippen molar-refractivity contribution in [2.75, 3.05) is 44.9 Å². The van der Waals surface area contributed by atoms with E-state index >= 15 is 0 Å². The van der Waals surface area contributed by atoms with Crippen LogP contribution in [0.1, 0.15) is 50.4 Å². The van der Waals surface area contributed by atoms with Gasteiger partial charge in [0.1, 0.15) is 17.1 Å². The number of nitrogens with two attached hydrogens (primary N) is 2. The molecule has 0 fully saturated rings. The van der Waals surface area contributed by atoms with Crippen molar-refractivity contribution in [3.63, 3.8) is 0 Å². The summed E-state index contributed by atoms with van der Waals surface area (Å²) in [5.41, 5.74) is 13.1. The maximum absolute atomic E-state index is 13.4. The normalized spacial score (nSPS) is 17.4. The molecule has 18 nitrogen and oxygen atoms in total. The highest BCUT2D eigenvalue weighted by Crippen LogP contribution is 2.54. The lowest BCUT2D eigenvalue weighted by atomic mass is 9.90. The maximum Gasteiger partial charge on any atom is 0.354 e. The number of ether oxygens (including phenoxy) is 3. The summed E-state index contributed by atoms with van der Waals surface area (Å²) in [7, 11) is -4.33. The zero-order valence-corrected chi connectivity index (χ0v) is 35.6. The van der Waals surface area contributed by atoms with Crippen molar-refractivity contribution in [3.8, 4) is 28.2 Å². The molecule has 0 spiro atoms. The quantitative estimate of drug-likeness (QED) is 0.0151. The molecule has 0 radical (unpaired) electrons. The molecule has 1 unspecified atom stereocenters. The number of phenolic OH excluding ortho intramolecular Hbond substituents is 1. The van der Waals surface area contributed by atoms with Crippen LogP contribution in [0.2, 0.25) is 0 Å². The van der Waals surface area contributed by atoms with Crippen molar-refractivity contribution in [3.05, 3.63) is 81.8 Å². The van der Waals surface area contributed by atoms with E-state index in [2.05, 4.69) is 20.9 Å². The van der Waals surface area contributed by atoms with E-state index in [1.54, 1.807) is 24.3 Å². The number of fused-ring (bicyclic) bond motifs is 2. The number of thiocarbonyl (C=S) groups is 1. The molecule has 61 heavy (non-hydrogen) atoms. The number of benzene rings is 3. The largest absolute Gasteiger partial charge is 0.508 e. The molecule has 0 saturated heterocycles. The van der Waals surface area contributed by atoms with Gasteiger partial charge in [0.2, 0.25) is 5.91 Å². The van der Waals surface area contributed by atoms with Crippen LogP contribution in [0.3, 0.4) is 0 Å². The van der Waals surface area contributed by atoms with E-state index in [0.717, 1.165) is 0 Å². The Morgan fingerprint density at radius 3 is 2.39 bits per heavy atom. The first-order valence-electron chi connectivity index (χ1n) is 19.6. The highest BCUT2D eigenvalue weighted by atomic mass is 32.1. The summed E-state index contributed by atoms with van der Waals surface area (Å²) in [6.07, 6.45) is 1.88. The predicted octanol–water partition coefficient (Wildman–Crippen LogP) is 4.50. The number of carbonyl (C=O) groups is 2. The van der Waals surface area contributed by atoms with E-state index < -0.39 is 31.8 Å². The molecule has 1 heterocycles. The number of aromatic hydroxyl groups is 1. The average molecular weight is 883 g/mol. The van der Waals surface area contributed by atoms with Crippen LogP contribution in [0.5, 0.6) is 5.75 Å². The molecule has 2 aliphatic carbocycles. The molecule has 0 saturated carbocycles. The third kappa shape index (κ3) is 12.6. The summed E-state index contributed by atoms with van der Waals surface area (Å²) in [5, 5.41) is 29.9. The summed E-state index contributed by atoms with van der Waals surface area (Å²) in [5.74, 6) is -1.57. The van der Waals surface area contributed by atoms with Crippen molar-refractivity contribution >= 4 is 59.4 Å². The summed E-state index contributed by atoms with van der Waals surface area (Å²) < 4.78 is 42.0.